The number of likely N-dealkylation sites (tertiary alicyclic amines) is 1. The molecule has 0 unspecified atom stereocenters. The van der Waals surface area contributed by atoms with E-state index in [1.807, 2.05) is 20.8 Å². The summed E-state index contributed by atoms with van der Waals surface area (Å²) >= 11 is 0. The van der Waals surface area contributed by atoms with Crippen molar-refractivity contribution >= 4 is 6.09 Å². The molecule has 1 fully saturated rings. The summed E-state index contributed by atoms with van der Waals surface area (Å²) in [5.41, 5.74) is 0.108. The summed E-state index contributed by atoms with van der Waals surface area (Å²) in [6.07, 6.45) is 3.47. The monoisotopic (exact) mass is 377 g/mol. The van der Waals surface area contributed by atoms with Crippen molar-refractivity contribution in [1.29, 1.82) is 0 Å². The minimum Gasteiger partial charge on any atom is -0.447 e. The maximum absolute atomic E-state index is 11.9. The Kier molecular flexibility index (Phi) is 5.84. The fraction of sp³-hybridized carbons (Fsp3) is 0.588. The topological polar surface area (TPSA) is 123 Å². The van der Waals surface area contributed by atoms with Crippen molar-refractivity contribution in [2.45, 2.75) is 51.9 Å². The normalized spacial score (nSPS) is 16.5. The molecular weight excluding hydrogens is 354 g/mol. The number of rotatable bonds is 5. The molecule has 0 saturated carbocycles. The third-order valence-electron chi connectivity index (χ3n) is 4.15. The molecule has 0 aliphatic carbocycles. The first-order chi connectivity index (χ1) is 12.9. The molecule has 1 aliphatic rings. The van der Waals surface area contributed by atoms with Crippen LogP contribution < -0.4 is 5.69 Å². The van der Waals surface area contributed by atoms with Crippen molar-refractivity contribution < 1.29 is 18.8 Å². The van der Waals surface area contributed by atoms with Crippen LogP contribution in [0.25, 0.3) is 11.4 Å². The highest BCUT2D eigenvalue weighted by Gasteiger charge is 2.27. The average molecular weight is 377 g/mol. The van der Waals surface area contributed by atoms with E-state index in [0.29, 0.717) is 43.2 Å². The number of carbonyl (C=O) groups excluding carboxylic acids is 1. The van der Waals surface area contributed by atoms with Crippen molar-refractivity contribution in [3.05, 3.63) is 28.8 Å². The van der Waals surface area contributed by atoms with Crippen molar-refractivity contribution in [2.24, 2.45) is 0 Å². The van der Waals surface area contributed by atoms with E-state index >= 15 is 0 Å². The van der Waals surface area contributed by atoms with Gasteiger partial charge in [0, 0.05) is 25.5 Å². The van der Waals surface area contributed by atoms with E-state index < -0.39 is 5.69 Å². The molecular formula is C17H23N5O5. The lowest BCUT2D eigenvalue weighted by atomic mass is 10.1. The summed E-state index contributed by atoms with van der Waals surface area (Å²) in [7, 11) is 0. The molecule has 1 saturated heterocycles. The van der Waals surface area contributed by atoms with E-state index in [1.165, 1.54) is 12.4 Å². The number of piperidine rings is 1. The number of amides is 1. The Morgan fingerprint density at radius 3 is 2.70 bits per heavy atom. The van der Waals surface area contributed by atoms with Crippen LogP contribution in [0.1, 0.15) is 45.6 Å². The van der Waals surface area contributed by atoms with Gasteiger partial charge < -0.3 is 23.9 Å². The average Bonchev–Trinajstić information content (AvgIpc) is 3.12. The molecule has 1 N–H and O–H groups in total. The third-order valence-corrected chi connectivity index (χ3v) is 4.15. The van der Waals surface area contributed by atoms with Crippen molar-refractivity contribution in [1.82, 2.24) is 25.0 Å². The minimum atomic E-state index is -0.442. The first-order valence-electron chi connectivity index (χ1n) is 8.92. The Balaban J connectivity index is 1.53. The van der Waals surface area contributed by atoms with Gasteiger partial charge in [0.15, 0.2) is 0 Å². The van der Waals surface area contributed by atoms with Crippen LogP contribution in [0, 0.1) is 0 Å². The molecule has 10 nitrogen and oxygen atoms in total. The zero-order valence-electron chi connectivity index (χ0n) is 15.5. The molecule has 146 valence electrons. The first-order valence-corrected chi connectivity index (χ1v) is 8.92. The molecule has 2 aromatic rings. The number of hydrogen-bond acceptors (Lipinski definition) is 8. The van der Waals surface area contributed by atoms with Crippen LogP contribution >= 0.6 is 0 Å². The second-order valence-electron chi connectivity index (χ2n) is 6.66. The SMILES string of the molecule is CC(C)OC(=O)N1CCC(O[C@H](C)c2nc(-c3cnc(=O)[nH]c3)no2)CC1. The van der Waals surface area contributed by atoms with Gasteiger partial charge in [0.25, 0.3) is 5.89 Å². The summed E-state index contributed by atoms with van der Waals surface area (Å²) in [5, 5.41) is 3.90. The van der Waals surface area contributed by atoms with Crippen LogP contribution in [0.15, 0.2) is 21.7 Å². The summed E-state index contributed by atoms with van der Waals surface area (Å²) in [5.74, 6) is 0.674. The predicted octanol–water partition coefficient (Wildman–Crippen LogP) is 1.91. The second-order valence-corrected chi connectivity index (χ2v) is 6.66. The molecule has 0 bridgehead atoms. The van der Waals surface area contributed by atoms with Crippen LogP contribution in [-0.2, 0) is 9.47 Å². The first kappa shape index (κ1) is 19.0. The van der Waals surface area contributed by atoms with Crippen LogP contribution in [0.2, 0.25) is 0 Å². The maximum atomic E-state index is 11.9. The van der Waals surface area contributed by atoms with Crippen LogP contribution in [0.3, 0.4) is 0 Å². The molecule has 10 heteroatoms. The van der Waals surface area contributed by atoms with E-state index in [0.717, 1.165) is 0 Å². The summed E-state index contributed by atoms with van der Waals surface area (Å²) < 4.78 is 16.5. The lowest BCUT2D eigenvalue weighted by Gasteiger charge is -2.32. The summed E-state index contributed by atoms with van der Waals surface area (Å²) in [6, 6.07) is 0. The molecule has 2 aromatic heterocycles. The highest BCUT2D eigenvalue weighted by Crippen LogP contribution is 2.24. The second kappa shape index (κ2) is 8.30. The molecule has 1 amide bonds. The van der Waals surface area contributed by atoms with Gasteiger partial charge in [-0.15, -0.1) is 0 Å². The van der Waals surface area contributed by atoms with Gasteiger partial charge in [0.2, 0.25) is 5.82 Å². The van der Waals surface area contributed by atoms with E-state index in [2.05, 4.69) is 20.1 Å². The quantitative estimate of drug-likeness (QED) is 0.838. The molecule has 0 spiro atoms. The lowest BCUT2D eigenvalue weighted by molar-refractivity contribution is -0.0475. The fourth-order valence-corrected chi connectivity index (χ4v) is 2.78. The molecule has 0 radical (unpaired) electrons. The number of ether oxygens (including phenoxy) is 2. The zero-order valence-corrected chi connectivity index (χ0v) is 15.5. The maximum Gasteiger partial charge on any atom is 0.410 e. The number of H-pyrrole nitrogens is 1. The number of nitrogens with zero attached hydrogens (tertiary/aromatic N) is 4. The van der Waals surface area contributed by atoms with E-state index in [4.69, 9.17) is 14.0 Å². The fourth-order valence-electron chi connectivity index (χ4n) is 2.78. The van der Waals surface area contributed by atoms with Gasteiger partial charge >= 0.3 is 11.8 Å². The molecule has 3 rings (SSSR count). The highest BCUT2D eigenvalue weighted by molar-refractivity contribution is 5.67. The number of aromatic amines is 1. The van der Waals surface area contributed by atoms with E-state index in [9.17, 15) is 9.59 Å². The van der Waals surface area contributed by atoms with Gasteiger partial charge in [-0.2, -0.15) is 4.98 Å². The number of nitrogens with one attached hydrogen (secondary N) is 1. The molecule has 1 atom stereocenters. The van der Waals surface area contributed by atoms with Crippen molar-refractivity contribution in [3.63, 3.8) is 0 Å². The third kappa shape index (κ3) is 4.91. The smallest absolute Gasteiger partial charge is 0.410 e. The Hall–Kier alpha value is -2.75. The van der Waals surface area contributed by atoms with Crippen molar-refractivity contribution in [3.8, 4) is 11.4 Å². The van der Waals surface area contributed by atoms with Crippen LogP contribution in [0.4, 0.5) is 4.79 Å². The van der Waals surface area contributed by atoms with Crippen LogP contribution in [0.5, 0.6) is 0 Å². The molecule has 27 heavy (non-hydrogen) atoms. The number of aromatic nitrogens is 4. The summed E-state index contributed by atoms with van der Waals surface area (Å²) in [6.45, 7) is 6.67. The Morgan fingerprint density at radius 2 is 2.07 bits per heavy atom. The van der Waals surface area contributed by atoms with Gasteiger partial charge in [-0.3, -0.25) is 0 Å². The van der Waals surface area contributed by atoms with E-state index in [1.54, 1.807) is 4.90 Å². The summed E-state index contributed by atoms with van der Waals surface area (Å²) in [4.78, 5) is 35.0. The van der Waals surface area contributed by atoms with Gasteiger partial charge in [-0.25, -0.2) is 14.6 Å². The Labute approximate surface area is 155 Å². The molecule has 0 aromatic carbocycles. The van der Waals surface area contributed by atoms with Gasteiger partial charge in [0.05, 0.1) is 17.8 Å². The van der Waals surface area contributed by atoms with E-state index in [-0.39, 0.29) is 24.4 Å². The minimum absolute atomic E-state index is 0.00630. The van der Waals surface area contributed by atoms with Gasteiger partial charge in [-0.1, -0.05) is 5.16 Å². The van der Waals surface area contributed by atoms with Crippen molar-refractivity contribution in [2.75, 3.05) is 13.1 Å². The van der Waals surface area contributed by atoms with Gasteiger partial charge in [0.1, 0.15) is 6.10 Å². The predicted molar refractivity (Wildman–Crippen MR) is 93.9 cm³/mol. The molecule has 3 heterocycles. The number of hydrogen-bond donors (Lipinski definition) is 1. The van der Waals surface area contributed by atoms with Gasteiger partial charge in [-0.05, 0) is 33.6 Å². The number of carbonyl (C=O) groups is 1. The Morgan fingerprint density at radius 1 is 1.33 bits per heavy atom. The highest BCUT2D eigenvalue weighted by atomic mass is 16.6. The van der Waals surface area contributed by atoms with Crippen LogP contribution in [-0.4, -0.2) is 56.4 Å². The Bertz CT molecular complexity index is 805. The lowest BCUT2D eigenvalue weighted by Crippen LogP contribution is -2.42. The zero-order chi connectivity index (χ0) is 19.4. The molecule has 1 aliphatic heterocycles. The largest absolute Gasteiger partial charge is 0.447 e. The standard InChI is InChI=1S/C17H23N5O5/c1-10(2)25-17(24)22-6-4-13(5-7-22)26-11(3)15-20-14(21-27-15)12-8-18-16(23)19-9-12/h8-11,13H,4-7H2,1-3H3,(H,18,19,23)/t11-/m1/s1.